The van der Waals surface area contributed by atoms with E-state index >= 15 is 0 Å². The molecule has 25 heavy (non-hydrogen) atoms. The molecule has 1 N–H and O–H groups in total. The van der Waals surface area contributed by atoms with Crippen molar-refractivity contribution in [1.29, 1.82) is 0 Å². The molecule has 0 heterocycles. The fourth-order valence-corrected chi connectivity index (χ4v) is 2.78. The van der Waals surface area contributed by atoms with Crippen LogP contribution in [0.5, 0.6) is 0 Å². The lowest BCUT2D eigenvalue weighted by Crippen LogP contribution is -2.26. The minimum atomic E-state index is -0.425. The first-order chi connectivity index (χ1) is 12.3. The summed E-state index contributed by atoms with van der Waals surface area (Å²) in [5, 5.41) is 4.65. The van der Waals surface area contributed by atoms with Gasteiger partial charge in [0.05, 0.1) is 12.1 Å². The highest BCUT2D eigenvalue weighted by Crippen LogP contribution is 2.24. The number of nitrogens with zero attached hydrogens (tertiary/aromatic N) is 1. The number of hydrogen-bond acceptors (Lipinski definition) is 2. The van der Waals surface area contributed by atoms with Crippen molar-refractivity contribution < 1.29 is 4.79 Å². The Hall–Kier alpha value is -2.91. The second-order valence-electron chi connectivity index (χ2n) is 5.51. The summed E-state index contributed by atoms with van der Waals surface area (Å²) < 4.78 is 0. The summed E-state index contributed by atoms with van der Waals surface area (Å²) in [5.74, 6) is -0.619. The van der Waals surface area contributed by atoms with Crippen LogP contribution in [0.4, 0.5) is 0 Å². The maximum Gasteiger partial charge on any atom is 0.252 e. The Kier molecular flexibility index (Phi) is 5.60. The van der Waals surface area contributed by atoms with E-state index in [4.69, 9.17) is 11.6 Å². The summed E-state index contributed by atoms with van der Waals surface area (Å²) in [7, 11) is 0. The Morgan fingerprint density at radius 3 is 1.92 bits per heavy atom. The third-order valence-electron chi connectivity index (χ3n) is 3.81. The van der Waals surface area contributed by atoms with Crippen molar-refractivity contribution in [2.24, 2.45) is 5.10 Å². The minimum Gasteiger partial charge on any atom is -0.272 e. The topological polar surface area (TPSA) is 41.5 Å². The maximum atomic E-state index is 12.8. The molecule has 0 aliphatic rings. The number of amides is 1. The molecule has 0 atom stereocenters. The Balaban J connectivity index is 1.82. The van der Waals surface area contributed by atoms with Gasteiger partial charge in [-0.25, -0.2) is 5.43 Å². The van der Waals surface area contributed by atoms with Crippen molar-refractivity contribution >= 4 is 23.7 Å². The number of hydrazone groups is 1. The molecular formula is C21H17ClN2O. The lowest BCUT2D eigenvalue weighted by Gasteiger charge is -2.16. The Bertz CT molecular complexity index is 824. The van der Waals surface area contributed by atoms with Crippen LogP contribution in [-0.2, 0) is 4.79 Å². The second-order valence-corrected chi connectivity index (χ2v) is 5.92. The van der Waals surface area contributed by atoms with Crippen molar-refractivity contribution in [2.45, 2.75) is 5.92 Å². The molecule has 0 aliphatic heterocycles. The van der Waals surface area contributed by atoms with Gasteiger partial charge in [-0.2, -0.15) is 5.10 Å². The van der Waals surface area contributed by atoms with E-state index in [1.165, 1.54) is 0 Å². The smallest absolute Gasteiger partial charge is 0.252 e. The summed E-state index contributed by atoms with van der Waals surface area (Å²) in [4.78, 5) is 12.8. The summed E-state index contributed by atoms with van der Waals surface area (Å²) in [6.07, 6.45) is 1.55. The van der Waals surface area contributed by atoms with Gasteiger partial charge in [0, 0.05) is 10.6 Å². The van der Waals surface area contributed by atoms with Gasteiger partial charge in [-0.1, -0.05) is 90.5 Å². The van der Waals surface area contributed by atoms with Crippen molar-refractivity contribution in [3.63, 3.8) is 0 Å². The van der Waals surface area contributed by atoms with Crippen LogP contribution >= 0.6 is 11.6 Å². The molecule has 3 aromatic carbocycles. The van der Waals surface area contributed by atoms with Gasteiger partial charge in [-0.3, -0.25) is 4.79 Å². The summed E-state index contributed by atoms with van der Waals surface area (Å²) in [5.41, 5.74) is 5.21. The molecule has 0 saturated carbocycles. The summed E-state index contributed by atoms with van der Waals surface area (Å²) in [6, 6.07) is 26.6. The van der Waals surface area contributed by atoms with Crippen molar-refractivity contribution in [3.05, 3.63) is 107 Å². The van der Waals surface area contributed by atoms with E-state index in [9.17, 15) is 4.79 Å². The Morgan fingerprint density at radius 2 is 1.36 bits per heavy atom. The minimum absolute atomic E-state index is 0.194. The predicted molar refractivity (Wildman–Crippen MR) is 102 cm³/mol. The van der Waals surface area contributed by atoms with E-state index in [-0.39, 0.29) is 5.91 Å². The average molecular weight is 349 g/mol. The van der Waals surface area contributed by atoms with Crippen molar-refractivity contribution in [2.75, 3.05) is 0 Å². The summed E-state index contributed by atoms with van der Waals surface area (Å²) in [6.45, 7) is 0. The molecule has 3 aromatic rings. The molecule has 0 unspecified atom stereocenters. The normalized spacial score (nSPS) is 11.0. The van der Waals surface area contributed by atoms with Crippen molar-refractivity contribution in [3.8, 4) is 0 Å². The zero-order valence-electron chi connectivity index (χ0n) is 13.5. The standard InChI is InChI=1S/C21H17ClN2O/c22-19-14-8-7-13-18(19)15-23-24-21(25)20(16-9-3-1-4-10-16)17-11-5-2-6-12-17/h1-15,20H,(H,24,25)/b23-15-. The van der Waals surface area contributed by atoms with Crippen LogP contribution in [0.3, 0.4) is 0 Å². The van der Waals surface area contributed by atoms with Crippen molar-refractivity contribution in [1.82, 2.24) is 5.43 Å². The number of halogens is 1. The van der Waals surface area contributed by atoms with Gasteiger partial charge >= 0.3 is 0 Å². The first-order valence-electron chi connectivity index (χ1n) is 7.93. The number of nitrogens with one attached hydrogen (secondary N) is 1. The van der Waals surface area contributed by atoms with Crippen LogP contribution in [0.2, 0.25) is 5.02 Å². The van der Waals surface area contributed by atoms with E-state index in [2.05, 4.69) is 10.5 Å². The van der Waals surface area contributed by atoms with E-state index in [1.54, 1.807) is 12.3 Å². The molecule has 3 nitrogen and oxygen atoms in total. The second kappa shape index (κ2) is 8.27. The van der Waals surface area contributed by atoms with Gasteiger partial charge in [-0.15, -0.1) is 0 Å². The predicted octanol–water partition coefficient (Wildman–Crippen LogP) is 4.62. The molecule has 0 spiro atoms. The van der Waals surface area contributed by atoms with Crippen LogP contribution in [0.15, 0.2) is 90.0 Å². The molecule has 1 amide bonds. The van der Waals surface area contributed by atoms with Gasteiger partial charge in [-0.05, 0) is 17.2 Å². The Morgan fingerprint density at radius 1 is 0.840 bits per heavy atom. The molecule has 0 aliphatic carbocycles. The number of rotatable bonds is 5. The largest absolute Gasteiger partial charge is 0.272 e. The van der Waals surface area contributed by atoms with Crippen LogP contribution in [0, 0.1) is 0 Å². The van der Waals surface area contributed by atoms with Gasteiger partial charge in [0.25, 0.3) is 5.91 Å². The lowest BCUT2D eigenvalue weighted by molar-refractivity contribution is -0.121. The van der Waals surface area contributed by atoms with Crippen LogP contribution < -0.4 is 5.43 Å². The first-order valence-corrected chi connectivity index (χ1v) is 8.31. The van der Waals surface area contributed by atoms with E-state index in [0.717, 1.165) is 16.7 Å². The van der Waals surface area contributed by atoms with Crippen LogP contribution in [0.1, 0.15) is 22.6 Å². The molecule has 0 bridgehead atoms. The van der Waals surface area contributed by atoms with Gasteiger partial charge in [0.1, 0.15) is 0 Å². The molecule has 0 fully saturated rings. The van der Waals surface area contributed by atoms with Gasteiger partial charge in [0.2, 0.25) is 0 Å². The zero-order chi connectivity index (χ0) is 17.5. The number of benzene rings is 3. The fraction of sp³-hybridized carbons (Fsp3) is 0.0476. The zero-order valence-corrected chi connectivity index (χ0v) is 14.2. The molecule has 0 saturated heterocycles. The van der Waals surface area contributed by atoms with Crippen LogP contribution in [0.25, 0.3) is 0 Å². The average Bonchev–Trinajstić information content (AvgIpc) is 2.65. The highest BCUT2D eigenvalue weighted by atomic mass is 35.5. The highest BCUT2D eigenvalue weighted by molar-refractivity contribution is 6.33. The number of hydrogen-bond donors (Lipinski definition) is 1. The van der Waals surface area contributed by atoms with Gasteiger partial charge < -0.3 is 0 Å². The molecule has 0 aromatic heterocycles. The van der Waals surface area contributed by atoms with E-state index in [0.29, 0.717) is 5.02 Å². The molecule has 124 valence electrons. The maximum absolute atomic E-state index is 12.8. The van der Waals surface area contributed by atoms with Gasteiger partial charge in [0.15, 0.2) is 0 Å². The molecule has 4 heteroatoms. The van der Waals surface area contributed by atoms with E-state index in [1.807, 2.05) is 78.9 Å². The third kappa shape index (κ3) is 4.34. The highest BCUT2D eigenvalue weighted by Gasteiger charge is 2.22. The number of carbonyl (C=O) groups excluding carboxylic acids is 1. The fourth-order valence-electron chi connectivity index (χ4n) is 2.60. The monoisotopic (exact) mass is 348 g/mol. The number of carbonyl (C=O) groups is 1. The SMILES string of the molecule is O=C(N/N=C\c1ccccc1Cl)C(c1ccccc1)c1ccccc1. The van der Waals surface area contributed by atoms with Crippen LogP contribution in [-0.4, -0.2) is 12.1 Å². The Labute approximate surface area is 152 Å². The molecule has 0 radical (unpaired) electrons. The quantitative estimate of drug-likeness (QED) is 0.530. The van der Waals surface area contributed by atoms with E-state index < -0.39 is 5.92 Å². The molecule has 3 rings (SSSR count). The third-order valence-corrected chi connectivity index (χ3v) is 4.16. The summed E-state index contributed by atoms with van der Waals surface area (Å²) >= 11 is 6.09. The molecular weight excluding hydrogens is 332 g/mol. The lowest BCUT2D eigenvalue weighted by atomic mass is 9.91. The first kappa shape index (κ1) is 16.9.